The van der Waals surface area contributed by atoms with Crippen molar-refractivity contribution >= 4 is 5.78 Å². The predicted octanol–water partition coefficient (Wildman–Crippen LogP) is 2.45. The molecule has 0 fully saturated rings. The van der Waals surface area contributed by atoms with Crippen molar-refractivity contribution in [1.82, 2.24) is 9.55 Å². The summed E-state index contributed by atoms with van der Waals surface area (Å²) < 4.78 is 1.96. The second-order valence-corrected chi connectivity index (χ2v) is 4.89. The Labute approximate surface area is 91.5 Å². The van der Waals surface area contributed by atoms with E-state index < -0.39 is 0 Å². The minimum absolute atomic E-state index is 0.248. The second kappa shape index (κ2) is 4.60. The highest BCUT2D eigenvalue weighted by Crippen LogP contribution is 2.16. The van der Waals surface area contributed by atoms with Gasteiger partial charge >= 0.3 is 0 Å². The Bertz CT molecular complexity index is 334. The summed E-state index contributed by atoms with van der Waals surface area (Å²) in [5.41, 5.74) is -0.270. The number of Topliss-reactive ketones (excluding diaryl/α,β-unsaturated/α-hetero) is 1. The van der Waals surface area contributed by atoms with Crippen molar-refractivity contribution in [2.75, 3.05) is 0 Å². The first-order chi connectivity index (χ1) is 6.95. The maximum atomic E-state index is 11.8. The fourth-order valence-electron chi connectivity index (χ4n) is 1.33. The molecular formula is C12H20N2O. The van der Waals surface area contributed by atoms with Crippen molar-refractivity contribution in [3.05, 3.63) is 18.2 Å². The summed E-state index contributed by atoms with van der Waals surface area (Å²) in [6.45, 7) is 8.41. The number of hydrogen-bond acceptors (Lipinski definition) is 2. The van der Waals surface area contributed by atoms with Gasteiger partial charge in [0.15, 0.2) is 5.78 Å². The number of ketones is 1. The average molecular weight is 208 g/mol. The highest BCUT2D eigenvalue weighted by Gasteiger charge is 2.21. The molecule has 1 rings (SSSR count). The van der Waals surface area contributed by atoms with Crippen LogP contribution < -0.4 is 0 Å². The summed E-state index contributed by atoms with van der Waals surface area (Å²) in [5.74, 6) is 1.26. The summed E-state index contributed by atoms with van der Waals surface area (Å²) in [7, 11) is 0. The topological polar surface area (TPSA) is 34.9 Å². The van der Waals surface area contributed by atoms with E-state index in [1.807, 2.05) is 31.5 Å². The van der Waals surface area contributed by atoms with Gasteiger partial charge < -0.3 is 4.57 Å². The van der Waals surface area contributed by atoms with Gasteiger partial charge in [0.05, 0.1) is 6.54 Å². The van der Waals surface area contributed by atoms with Crippen LogP contribution in [0.5, 0.6) is 0 Å². The van der Waals surface area contributed by atoms with Gasteiger partial charge in [-0.25, -0.2) is 4.98 Å². The lowest BCUT2D eigenvalue weighted by atomic mass is 9.91. The molecule has 1 heterocycles. The number of imidazole rings is 1. The molecule has 0 spiro atoms. The molecule has 0 saturated heterocycles. The number of carbonyl (C=O) groups is 1. The number of hydrogen-bond donors (Lipinski definition) is 0. The van der Waals surface area contributed by atoms with Gasteiger partial charge in [0.25, 0.3) is 0 Å². The maximum Gasteiger partial charge on any atom is 0.157 e. The van der Waals surface area contributed by atoms with Crippen LogP contribution >= 0.6 is 0 Å². The Kier molecular flexibility index (Phi) is 3.66. The maximum absolute atomic E-state index is 11.8. The van der Waals surface area contributed by atoms with Crippen LogP contribution in [0.4, 0.5) is 0 Å². The predicted molar refractivity (Wildman–Crippen MR) is 60.7 cm³/mol. The molecular weight excluding hydrogens is 188 g/mol. The molecule has 15 heavy (non-hydrogen) atoms. The van der Waals surface area contributed by atoms with Crippen LogP contribution in [0.3, 0.4) is 0 Å². The zero-order valence-corrected chi connectivity index (χ0v) is 10.1. The van der Waals surface area contributed by atoms with Crippen LogP contribution in [0.1, 0.15) is 39.9 Å². The quantitative estimate of drug-likeness (QED) is 0.761. The molecule has 0 N–H and O–H groups in total. The highest BCUT2D eigenvalue weighted by molar-refractivity contribution is 5.83. The first-order valence-electron chi connectivity index (χ1n) is 5.48. The van der Waals surface area contributed by atoms with E-state index in [1.54, 1.807) is 6.20 Å². The van der Waals surface area contributed by atoms with Crippen LogP contribution in [0.2, 0.25) is 0 Å². The molecule has 0 aliphatic carbocycles. The molecule has 3 heteroatoms. The molecule has 84 valence electrons. The van der Waals surface area contributed by atoms with Crippen LogP contribution in [-0.4, -0.2) is 15.3 Å². The van der Waals surface area contributed by atoms with Gasteiger partial charge in [0.2, 0.25) is 0 Å². The van der Waals surface area contributed by atoms with E-state index in [4.69, 9.17) is 0 Å². The molecule has 0 bridgehead atoms. The molecule has 0 aliphatic heterocycles. The molecule has 0 unspecified atom stereocenters. The van der Waals surface area contributed by atoms with Gasteiger partial charge in [-0.15, -0.1) is 0 Å². The number of nitrogens with zero attached hydrogens (tertiary/aromatic N) is 2. The lowest BCUT2D eigenvalue weighted by Crippen LogP contribution is -2.25. The number of aryl methyl sites for hydroxylation is 1. The fourth-order valence-corrected chi connectivity index (χ4v) is 1.33. The molecule has 1 aromatic heterocycles. The normalized spacial score (nSPS) is 11.7. The van der Waals surface area contributed by atoms with Crippen molar-refractivity contribution < 1.29 is 4.79 Å². The van der Waals surface area contributed by atoms with Gasteiger partial charge in [-0.3, -0.25) is 4.79 Å². The third-order valence-corrected chi connectivity index (χ3v) is 2.43. The highest BCUT2D eigenvalue weighted by atomic mass is 16.1. The molecule has 0 amide bonds. The van der Waals surface area contributed by atoms with Crippen LogP contribution in [0.15, 0.2) is 12.4 Å². The SMILES string of the molecule is CCCc1nccn1CC(=O)C(C)(C)C. The van der Waals surface area contributed by atoms with Crippen LogP contribution in [-0.2, 0) is 17.8 Å². The summed E-state index contributed by atoms with van der Waals surface area (Å²) in [6, 6.07) is 0. The van der Waals surface area contributed by atoms with Crippen molar-refractivity contribution in [2.24, 2.45) is 5.41 Å². The van der Waals surface area contributed by atoms with E-state index >= 15 is 0 Å². The van der Waals surface area contributed by atoms with E-state index in [-0.39, 0.29) is 11.2 Å². The van der Waals surface area contributed by atoms with E-state index in [0.717, 1.165) is 18.7 Å². The van der Waals surface area contributed by atoms with E-state index in [0.29, 0.717) is 6.54 Å². The largest absolute Gasteiger partial charge is 0.327 e. The van der Waals surface area contributed by atoms with Gasteiger partial charge in [0.1, 0.15) is 5.82 Å². The molecule has 3 nitrogen and oxygen atoms in total. The summed E-state index contributed by atoms with van der Waals surface area (Å²) >= 11 is 0. The van der Waals surface area contributed by atoms with Crippen molar-refractivity contribution in [3.8, 4) is 0 Å². The summed E-state index contributed by atoms with van der Waals surface area (Å²) in [6.07, 6.45) is 5.64. The second-order valence-electron chi connectivity index (χ2n) is 4.89. The molecule has 0 radical (unpaired) electrons. The Morgan fingerprint density at radius 1 is 1.47 bits per heavy atom. The summed E-state index contributed by atoms with van der Waals surface area (Å²) in [5, 5.41) is 0. The minimum atomic E-state index is -0.270. The standard InChI is InChI=1S/C12H20N2O/c1-5-6-11-13-7-8-14(11)9-10(15)12(2,3)4/h7-8H,5-6,9H2,1-4H3. The third-order valence-electron chi connectivity index (χ3n) is 2.43. The molecule has 0 aromatic carbocycles. The zero-order valence-electron chi connectivity index (χ0n) is 10.1. The van der Waals surface area contributed by atoms with Crippen molar-refractivity contribution in [3.63, 3.8) is 0 Å². The Balaban J connectivity index is 2.72. The molecule has 0 atom stereocenters. The summed E-state index contributed by atoms with van der Waals surface area (Å²) in [4.78, 5) is 16.1. The first-order valence-corrected chi connectivity index (χ1v) is 5.48. The van der Waals surface area contributed by atoms with E-state index in [1.165, 1.54) is 0 Å². The molecule has 1 aromatic rings. The van der Waals surface area contributed by atoms with Gasteiger partial charge in [-0.1, -0.05) is 27.7 Å². The van der Waals surface area contributed by atoms with Gasteiger partial charge in [-0.2, -0.15) is 0 Å². The number of rotatable bonds is 4. The minimum Gasteiger partial charge on any atom is -0.327 e. The van der Waals surface area contributed by atoms with E-state index in [2.05, 4.69) is 11.9 Å². The zero-order chi connectivity index (χ0) is 11.5. The molecule has 0 aliphatic rings. The Morgan fingerprint density at radius 3 is 2.67 bits per heavy atom. The fraction of sp³-hybridized carbons (Fsp3) is 0.667. The monoisotopic (exact) mass is 208 g/mol. The Hall–Kier alpha value is -1.12. The number of carbonyl (C=O) groups excluding carboxylic acids is 1. The first kappa shape index (κ1) is 12.0. The van der Waals surface area contributed by atoms with Crippen LogP contribution in [0, 0.1) is 5.41 Å². The average Bonchev–Trinajstić information content (AvgIpc) is 2.52. The van der Waals surface area contributed by atoms with Gasteiger partial charge in [0, 0.05) is 24.2 Å². The third kappa shape index (κ3) is 3.18. The lowest BCUT2D eigenvalue weighted by molar-refractivity contribution is -0.126. The van der Waals surface area contributed by atoms with Crippen molar-refractivity contribution in [2.45, 2.75) is 47.1 Å². The smallest absolute Gasteiger partial charge is 0.157 e. The molecule has 0 saturated carbocycles. The van der Waals surface area contributed by atoms with Gasteiger partial charge in [-0.05, 0) is 6.42 Å². The number of aromatic nitrogens is 2. The van der Waals surface area contributed by atoms with Crippen LogP contribution in [0.25, 0.3) is 0 Å². The van der Waals surface area contributed by atoms with Crippen molar-refractivity contribution in [1.29, 1.82) is 0 Å². The van der Waals surface area contributed by atoms with E-state index in [9.17, 15) is 4.79 Å². The lowest BCUT2D eigenvalue weighted by Gasteiger charge is -2.17. The Morgan fingerprint density at radius 2 is 2.13 bits per heavy atom.